The lowest BCUT2D eigenvalue weighted by Crippen LogP contribution is -1.99. The smallest absolute Gasteiger partial charge is 0.205 e. The van der Waals surface area contributed by atoms with Crippen molar-refractivity contribution >= 4 is 27.9 Å². The van der Waals surface area contributed by atoms with Gasteiger partial charge in [-0.1, -0.05) is 18.2 Å². The first-order valence-corrected chi connectivity index (χ1v) is 6.00. The fraction of sp³-hybridized carbons (Fsp3) is 0. The molecule has 17 heavy (non-hydrogen) atoms. The first-order chi connectivity index (χ1) is 8.36. The molecule has 2 aromatic heterocycles. The van der Waals surface area contributed by atoms with E-state index in [-0.39, 0.29) is 5.78 Å². The molecule has 0 spiro atoms. The molecule has 0 saturated carbocycles. The third kappa shape index (κ3) is 1.72. The largest absolute Gasteiger partial charge is 0.288 e. The Balaban J connectivity index is 2.21. The number of hydrogen-bond donors (Lipinski definition) is 0. The highest BCUT2D eigenvalue weighted by Crippen LogP contribution is 2.21. The second kappa shape index (κ2) is 4.07. The number of hydrogen-bond acceptors (Lipinski definition) is 4. The highest BCUT2D eigenvalue weighted by atomic mass is 32.1. The van der Waals surface area contributed by atoms with Crippen molar-refractivity contribution in [2.24, 2.45) is 0 Å². The fourth-order valence-corrected chi connectivity index (χ4v) is 2.36. The van der Waals surface area contributed by atoms with E-state index < -0.39 is 0 Å². The maximum absolute atomic E-state index is 12.3. The van der Waals surface area contributed by atoms with Crippen molar-refractivity contribution < 1.29 is 4.79 Å². The average molecular weight is 240 g/mol. The first kappa shape index (κ1) is 10.1. The molecule has 82 valence electrons. The van der Waals surface area contributed by atoms with Gasteiger partial charge in [0.15, 0.2) is 0 Å². The molecule has 0 N–H and O–H groups in total. The Bertz CT molecular complexity index is 671. The molecule has 0 saturated heterocycles. The van der Waals surface area contributed by atoms with Crippen LogP contribution in [0.3, 0.4) is 0 Å². The van der Waals surface area contributed by atoms with E-state index in [1.165, 1.54) is 11.3 Å². The van der Waals surface area contributed by atoms with Crippen LogP contribution in [0, 0.1) is 0 Å². The van der Waals surface area contributed by atoms with Crippen LogP contribution in [0.15, 0.2) is 48.4 Å². The number of fused-ring (bicyclic) bond motifs is 1. The molecule has 0 bridgehead atoms. The molecule has 1 aromatic carbocycles. The van der Waals surface area contributed by atoms with Crippen molar-refractivity contribution in [1.82, 2.24) is 9.97 Å². The summed E-state index contributed by atoms with van der Waals surface area (Å²) in [5, 5.41) is 1.91. The number of aromatic nitrogens is 2. The predicted molar refractivity (Wildman–Crippen MR) is 67.3 cm³/mol. The molecule has 0 aliphatic rings. The fourth-order valence-electron chi connectivity index (χ4n) is 1.78. The zero-order valence-corrected chi connectivity index (χ0v) is 9.65. The second-order valence-corrected chi connectivity index (χ2v) is 4.48. The van der Waals surface area contributed by atoms with Crippen LogP contribution in [0.5, 0.6) is 0 Å². The van der Waals surface area contributed by atoms with Crippen molar-refractivity contribution in [2.75, 3.05) is 0 Å². The van der Waals surface area contributed by atoms with Crippen molar-refractivity contribution in [3.63, 3.8) is 0 Å². The van der Waals surface area contributed by atoms with E-state index in [4.69, 9.17) is 0 Å². The Morgan fingerprint density at radius 1 is 1.12 bits per heavy atom. The summed E-state index contributed by atoms with van der Waals surface area (Å²) in [6, 6.07) is 7.53. The molecule has 0 aliphatic carbocycles. The lowest BCUT2D eigenvalue weighted by atomic mass is 10.0. The maximum atomic E-state index is 12.3. The molecule has 0 aliphatic heterocycles. The Kier molecular flexibility index (Phi) is 2.42. The van der Waals surface area contributed by atoms with Gasteiger partial charge in [-0.05, 0) is 11.5 Å². The Morgan fingerprint density at radius 3 is 2.88 bits per heavy atom. The van der Waals surface area contributed by atoms with Crippen LogP contribution in [0.25, 0.3) is 10.8 Å². The van der Waals surface area contributed by atoms with Crippen LogP contribution in [0.4, 0.5) is 0 Å². The summed E-state index contributed by atoms with van der Waals surface area (Å²) in [4.78, 5) is 20.9. The van der Waals surface area contributed by atoms with Crippen LogP contribution < -0.4 is 0 Å². The molecule has 0 unspecified atom stereocenters. The number of rotatable bonds is 2. The third-order valence-electron chi connectivity index (χ3n) is 2.58. The van der Waals surface area contributed by atoms with E-state index in [1.807, 2.05) is 24.3 Å². The van der Waals surface area contributed by atoms with Gasteiger partial charge in [0, 0.05) is 29.5 Å². The summed E-state index contributed by atoms with van der Waals surface area (Å²) in [5.41, 5.74) is 2.37. The number of thiazole rings is 1. The molecular weight excluding hydrogens is 232 g/mol. The average Bonchev–Trinajstić information content (AvgIpc) is 2.91. The highest BCUT2D eigenvalue weighted by Gasteiger charge is 2.13. The van der Waals surface area contributed by atoms with E-state index in [0.717, 1.165) is 10.8 Å². The second-order valence-electron chi connectivity index (χ2n) is 3.60. The lowest BCUT2D eigenvalue weighted by Gasteiger charge is -2.03. The van der Waals surface area contributed by atoms with Crippen molar-refractivity contribution in [1.29, 1.82) is 0 Å². The van der Waals surface area contributed by atoms with Crippen LogP contribution >= 0.6 is 11.3 Å². The monoisotopic (exact) mass is 240 g/mol. The van der Waals surface area contributed by atoms with Gasteiger partial charge >= 0.3 is 0 Å². The quantitative estimate of drug-likeness (QED) is 0.647. The normalized spacial score (nSPS) is 10.6. The van der Waals surface area contributed by atoms with Gasteiger partial charge in [0.25, 0.3) is 0 Å². The number of nitrogens with zero attached hydrogens (tertiary/aromatic N) is 2. The molecule has 0 atom stereocenters. The molecular formula is C13H8N2OS. The van der Waals surface area contributed by atoms with Crippen LogP contribution in [0.1, 0.15) is 15.2 Å². The van der Waals surface area contributed by atoms with E-state index in [2.05, 4.69) is 9.97 Å². The summed E-state index contributed by atoms with van der Waals surface area (Å²) in [7, 11) is 0. The van der Waals surface area contributed by atoms with Gasteiger partial charge in [-0.25, -0.2) is 0 Å². The van der Waals surface area contributed by atoms with E-state index in [0.29, 0.717) is 10.4 Å². The lowest BCUT2D eigenvalue weighted by molar-refractivity contribution is 0.104. The summed E-state index contributed by atoms with van der Waals surface area (Å²) in [5.74, 6) is 0.0179. The van der Waals surface area contributed by atoms with Crippen molar-refractivity contribution in [2.45, 2.75) is 0 Å². The molecule has 3 rings (SSSR count). The minimum Gasteiger partial charge on any atom is -0.288 e. The summed E-state index contributed by atoms with van der Waals surface area (Å²) >= 11 is 1.36. The van der Waals surface area contributed by atoms with Gasteiger partial charge in [-0.15, -0.1) is 11.3 Å². The third-order valence-corrected chi connectivity index (χ3v) is 3.35. The first-order valence-electron chi connectivity index (χ1n) is 5.12. The number of pyridine rings is 1. The van der Waals surface area contributed by atoms with Gasteiger partial charge in [0.1, 0.15) is 0 Å². The number of carbonyl (C=O) groups excluding carboxylic acids is 1. The molecule has 2 heterocycles. The Hall–Kier alpha value is -2.07. The van der Waals surface area contributed by atoms with Crippen LogP contribution in [0.2, 0.25) is 0 Å². The zero-order valence-electron chi connectivity index (χ0n) is 8.83. The maximum Gasteiger partial charge on any atom is 0.205 e. The number of carbonyl (C=O) groups is 1. The summed E-state index contributed by atoms with van der Waals surface area (Å²) in [6.07, 6.45) is 5.07. The van der Waals surface area contributed by atoms with Crippen molar-refractivity contribution in [3.8, 4) is 0 Å². The standard InChI is InChI=1S/C13H8N2OS/c16-13(12-7-15-8-17-12)11-3-1-2-9-6-14-5-4-10(9)11/h1-8H. The number of ketones is 1. The molecule has 0 amide bonds. The van der Waals surface area contributed by atoms with Gasteiger partial charge in [-0.3, -0.25) is 14.8 Å². The van der Waals surface area contributed by atoms with Crippen LogP contribution in [-0.2, 0) is 0 Å². The van der Waals surface area contributed by atoms with Gasteiger partial charge < -0.3 is 0 Å². The Labute approximate surface area is 102 Å². The molecule has 3 aromatic rings. The molecule has 4 heteroatoms. The zero-order chi connectivity index (χ0) is 11.7. The van der Waals surface area contributed by atoms with E-state index >= 15 is 0 Å². The predicted octanol–water partition coefficient (Wildman–Crippen LogP) is 2.92. The van der Waals surface area contributed by atoms with E-state index in [9.17, 15) is 4.79 Å². The number of benzene rings is 1. The minimum absolute atomic E-state index is 0.0179. The summed E-state index contributed by atoms with van der Waals surface area (Å²) < 4.78 is 0. The van der Waals surface area contributed by atoms with Crippen molar-refractivity contribution in [3.05, 3.63) is 58.8 Å². The topological polar surface area (TPSA) is 42.9 Å². The summed E-state index contributed by atoms with van der Waals surface area (Å²) in [6.45, 7) is 0. The molecule has 0 fully saturated rings. The minimum atomic E-state index is 0.0179. The molecule has 3 nitrogen and oxygen atoms in total. The molecule has 0 radical (unpaired) electrons. The SMILES string of the molecule is O=C(c1cncs1)c1cccc2cnccc12. The van der Waals surface area contributed by atoms with Crippen LogP contribution in [-0.4, -0.2) is 15.8 Å². The van der Waals surface area contributed by atoms with E-state index in [1.54, 1.807) is 24.1 Å². The van der Waals surface area contributed by atoms with Gasteiger partial charge in [0.2, 0.25) is 5.78 Å². The highest BCUT2D eigenvalue weighted by molar-refractivity contribution is 7.12. The van der Waals surface area contributed by atoms with Gasteiger partial charge in [-0.2, -0.15) is 0 Å². The van der Waals surface area contributed by atoms with Gasteiger partial charge in [0.05, 0.1) is 10.4 Å². The Morgan fingerprint density at radius 2 is 2.06 bits per heavy atom.